The third-order valence-electron chi connectivity index (χ3n) is 6.26. The summed E-state index contributed by atoms with van der Waals surface area (Å²) in [7, 11) is 2.15. The molecule has 30 heavy (non-hydrogen) atoms. The van der Waals surface area contributed by atoms with Gasteiger partial charge >= 0.3 is 0 Å². The first-order valence-corrected chi connectivity index (χ1v) is 10.6. The molecule has 2 aliphatic rings. The number of hydrogen-bond acceptors (Lipinski definition) is 3. The molecule has 2 aliphatic heterocycles. The van der Waals surface area contributed by atoms with Gasteiger partial charge in [-0.1, -0.05) is 0 Å². The normalized spacial score (nSPS) is 19.2. The summed E-state index contributed by atoms with van der Waals surface area (Å²) in [4.78, 5) is 5.64. The van der Waals surface area contributed by atoms with E-state index in [4.69, 9.17) is 17.0 Å². The van der Waals surface area contributed by atoms with E-state index in [0.717, 1.165) is 69.0 Å². The van der Waals surface area contributed by atoms with Crippen molar-refractivity contribution in [1.29, 1.82) is 0 Å². The Morgan fingerprint density at radius 3 is 2.63 bits per heavy atom. The third-order valence-corrected chi connectivity index (χ3v) is 6.58. The average molecular weight is 462 g/mol. The van der Waals surface area contributed by atoms with Gasteiger partial charge in [-0.2, -0.15) is 0 Å². The van der Waals surface area contributed by atoms with Crippen molar-refractivity contribution in [2.45, 2.75) is 50.6 Å². The Bertz CT molecular complexity index is 942. The highest BCUT2D eigenvalue weighted by Gasteiger charge is 2.31. The highest BCUT2D eigenvalue weighted by atomic mass is 35.5. The maximum Gasteiger partial charge on any atom is 0.177 e. The highest BCUT2D eigenvalue weighted by molar-refractivity contribution is 7.71. The van der Waals surface area contributed by atoms with E-state index in [1.807, 2.05) is 4.57 Å². The first-order valence-electron chi connectivity index (χ1n) is 10.2. The fraction of sp³-hybridized carbons (Fsp3) is 0.571. The molecule has 4 nitrogen and oxygen atoms in total. The number of halogens is 4. The molecule has 0 amide bonds. The van der Waals surface area contributed by atoms with Crippen molar-refractivity contribution in [2.75, 3.05) is 26.8 Å². The van der Waals surface area contributed by atoms with Crippen LogP contribution in [0.5, 0.6) is 0 Å². The lowest BCUT2D eigenvalue weighted by molar-refractivity contribution is 0.0428. The molecule has 1 aromatic heterocycles. The largest absolute Gasteiger partial charge is 0.381 e. The van der Waals surface area contributed by atoms with Crippen molar-refractivity contribution in [1.82, 2.24) is 14.5 Å². The van der Waals surface area contributed by atoms with Crippen LogP contribution in [0, 0.1) is 22.2 Å². The summed E-state index contributed by atoms with van der Waals surface area (Å²) in [6.07, 6.45) is 4.36. The molecular formula is C21H27ClF3N3OS. The van der Waals surface area contributed by atoms with Gasteiger partial charge < -0.3 is 19.2 Å². The number of benzene rings is 1. The van der Waals surface area contributed by atoms with Crippen LogP contribution in [0.4, 0.5) is 13.2 Å². The molecule has 1 aromatic carbocycles. The predicted octanol–water partition coefficient (Wildman–Crippen LogP) is 4.77. The SMILES string of the molecule is CN(CCCc1[nH]c(=S)n2c1CC(c1c(F)ccc(F)c1F)C2)C1CCOCC1.Cl. The van der Waals surface area contributed by atoms with Gasteiger partial charge in [-0.25, -0.2) is 13.2 Å². The van der Waals surface area contributed by atoms with E-state index in [9.17, 15) is 13.2 Å². The molecule has 4 rings (SSSR count). The third kappa shape index (κ3) is 4.61. The van der Waals surface area contributed by atoms with Crippen LogP contribution in [-0.2, 0) is 24.1 Å². The molecule has 1 fully saturated rings. The summed E-state index contributed by atoms with van der Waals surface area (Å²) in [5.41, 5.74) is 1.83. The molecule has 1 saturated heterocycles. The molecule has 3 heterocycles. The summed E-state index contributed by atoms with van der Waals surface area (Å²) < 4.78 is 50.0. The maximum absolute atomic E-state index is 14.2. The van der Waals surface area contributed by atoms with Crippen molar-refractivity contribution >= 4 is 24.6 Å². The number of rotatable bonds is 6. The van der Waals surface area contributed by atoms with Crippen LogP contribution in [0.25, 0.3) is 0 Å². The molecular weight excluding hydrogens is 435 g/mol. The highest BCUT2D eigenvalue weighted by Crippen LogP contribution is 2.35. The molecule has 0 spiro atoms. The van der Waals surface area contributed by atoms with E-state index >= 15 is 0 Å². The molecule has 1 N–H and O–H groups in total. The quantitative estimate of drug-likeness (QED) is 0.497. The fourth-order valence-corrected chi connectivity index (χ4v) is 4.94. The minimum absolute atomic E-state index is 0. The Kier molecular flexibility index (Phi) is 7.66. The second-order valence-corrected chi connectivity index (χ2v) is 8.44. The van der Waals surface area contributed by atoms with E-state index in [1.165, 1.54) is 0 Å². The zero-order valence-electron chi connectivity index (χ0n) is 16.9. The lowest BCUT2D eigenvalue weighted by atomic mass is 9.95. The average Bonchev–Trinajstić information content (AvgIpc) is 3.27. The zero-order valence-corrected chi connectivity index (χ0v) is 18.6. The Morgan fingerprint density at radius 2 is 1.90 bits per heavy atom. The van der Waals surface area contributed by atoms with Crippen LogP contribution >= 0.6 is 24.6 Å². The van der Waals surface area contributed by atoms with Crippen molar-refractivity contribution < 1.29 is 17.9 Å². The molecule has 0 saturated carbocycles. The van der Waals surface area contributed by atoms with Crippen molar-refractivity contribution in [2.24, 2.45) is 0 Å². The summed E-state index contributed by atoms with van der Waals surface area (Å²) in [5.74, 6) is -3.25. The van der Waals surface area contributed by atoms with Gasteiger partial charge in [0.05, 0.1) is 0 Å². The van der Waals surface area contributed by atoms with E-state index < -0.39 is 23.4 Å². The lowest BCUT2D eigenvalue weighted by Gasteiger charge is -2.31. The standard InChI is InChI=1S/C21H26F3N3OS.ClH/c1-26(14-6-9-28-10-7-14)8-2-3-17-18-11-13(12-27(18)21(29)25-17)19-15(22)4-5-16(23)20(19)24;/h4-5,13-14H,2-3,6-12H2,1H3,(H,25,29);1H. The van der Waals surface area contributed by atoms with Gasteiger partial charge in [-0.3, -0.25) is 0 Å². The number of aromatic amines is 1. The number of hydrogen-bond donors (Lipinski definition) is 1. The number of nitrogens with zero attached hydrogens (tertiary/aromatic N) is 2. The number of aryl methyl sites for hydroxylation is 1. The second kappa shape index (κ2) is 9.85. The summed E-state index contributed by atoms with van der Waals surface area (Å²) in [6.45, 7) is 2.98. The number of nitrogens with one attached hydrogen (secondary N) is 1. The van der Waals surface area contributed by atoms with Gasteiger partial charge in [-0.15, -0.1) is 12.4 Å². The van der Waals surface area contributed by atoms with Crippen LogP contribution in [0.1, 0.15) is 42.1 Å². The molecule has 0 radical (unpaired) electrons. The minimum atomic E-state index is -1.09. The van der Waals surface area contributed by atoms with Crippen molar-refractivity contribution in [3.63, 3.8) is 0 Å². The van der Waals surface area contributed by atoms with Gasteiger partial charge in [0.1, 0.15) is 5.82 Å². The van der Waals surface area contributed by atoms with E-state index in [1.54, 1.807) is 0 Å². The first-order chi connectivity index (χ1) is 14.0. The van der Waals surface area contributed by atoms with Crippen LogP contribution in [0.2, 0.25) is 0 Å². The number of imidazole rings is 1. The van der Waals surface area contributed by atoms with Gasteiger partial charge in [0, 0.05) is 48.7 Å². The van der Waals surface area contributed by atoms with Gasteiger partial charge in [0.2, 0.25) is 0 Å². The van der Waals surface area contributed by atoms with Crippen LogP contribution in [0.3, 0.4) is 0 Å². The number of aromatic nitrogens is 2. The first kappa shape index (κ1) is 23.3. The van der Waals surface area contributed by atoms with E-state index in [0.29, 0.717) is 23.8 Å². The van der Waals surface area contributed by atoms with Gasteiger partial charge in [0.25, 0.3) is 0 Å². The topological polar surface area (TPSA) is 33.2 Å². The number of H-pyrrole nitrogens is 1. The van der Waals surface area contributed by atoms with E-state index in [2.05, 4.69) is 16.9 Å². The van der Waals surface area contributed by atoms with E-state index in [-0.39, 0.29) is 18.0 Å². The second-order valence-electron chi connectivity index (χ2n) is 8.05. The zero-order chi connectivity index (χ0) is 20.5. The van der Waals surface area contributed by atoms with Crippen LogP contribution < -0.4 is 0 Å². The lowest BCUT2D eigenvalue weighted by Crippen LogP contribution is -2.37. The molecule has 0 bridgehead atoms. The van der Waals surface area contributed by atoms with Crippen LogP contribution in [-0.4, -0.2) is 47.3 Å². The maximum atomic E-state index is 14.2. The number of ether oxygens (including phenoxy) is 1. The monoisotopic (exact) mass is 461 g/mol. The van der Waals surface area contributed by atoms with Crippen molar-refractivity contribution in [3.05, 3.63) is 51.3 Å². The molecule has 9 heteroatoms. The molecule has 166 valence electrons. The molecule has 1 atom stereocenters. The summed E-state index contributed by atoms with van der Waals surface area (Å²) >= 11 is 5.42. The Balaban J connectivity index is 0.00000256. The molecule has 1 unspecified atom stereocenters. The van der Waals surface area contributed by atoms with Crippen molar-refractivity contribution in [3.8, 4) is 0 Å². The number of fused-ring (bicyclic) bond motifs is 1. The smallest absolute Gasteiger partial charge is 0.177 e. The molecule has 2 aromatic rings. The Hall–Kier alpha value is -1.35. The Labute approximate surface area is 185 Å². The summed E-state index contributed by atoms with van der Waals surface area (Å²) in [5, 5.41) is 0. The molecule has 0 aliphatic carbocycles. The fourth-order valence-electron chi connectivity index (χ4n) is 4.63. The predicted molar refractivity (Wildman–Crippen MR) is 114 cm³/mol. The van der Waals surface area contributed by atoms with Crippen LogP contribution in [0.15, 0.2) is 12.1 Å². The van der Waals surface area contributed by atoms with Gasteiger partial charge in [-0.05, 0) is 70.0 Å². The summed E-state index contributed by atoms with van der Waals surface area (Å²) in [6, 6.07) is 2.39. The Morgan fingerprint density at radius 1 is 1.20 bits per heavy atom. The minimum Gasteiger partial charge on any atom is -0.381 e. The van der Waals surface area contributed by atoms with Gasteiger partial charge in [0.15, 0.2) is 16.4 Å².